The molecule has 1 aromatic rings. The molecule has 96 valence electrons. The summed E-state index contributed by atoms with van der Waals surface area (Å²) in [6, 6.07) is 2.52. The molecule has 1 aromatic carbocycles. The van der Waals surface area contributed by atoms with E-state index in [4.69, 9.17) is 0 Å². The maximum Gasteiger partial charge on any atom is 0.181 e. The fraction of sp³-hybridized carbons (Fsp3) is 0.455. The van der Waals surface area contributed by atoms with Crippen molar-refractivity contribution in [1.82, 2.24) is 0 Å². The van der Waals surface area contributed by atoms with Crippen LogP contribution in [0, 0.1) is 11.6 Å². The van der Waals surface area contributed by atoms with Crippen LogP contribution < -0.4 is 0 Å². The van der Waals surface area contributed by atoms with Gasteiger partial charge in [-0.25, -0.2) is 17.2 Å². The van der Waals surface area contributed by atoms with E-state index in [2.05, 4.69) is 15.9 Å². The van der Waals surface area contributed by atoms with Crippen LogP contribution in [0.5, 0.6) is 0 Å². The third kappa shape index (κ3) is 4.35. The maximum atomic E-state index is 13.3. The van der Waals surface area contributed by atoms with Gasteiger partial charge in [-0.3, -0.25) is 0 Å². The van der Waals surface area contributed by atoms with E-state index in [1.807, 2.05) is 0 Å². The van der Waals surface area contributed by atoms with E-state index in [1.54, 1.807) is 0 Å². The zero-order valence-corrected chi connectivity index (χ0v) is 11.5. The lowest BCUT2D eigenvalue weighted by molar-refractivity contribution is 0.547. The lowest BCUT2D eigenvalue weighted by Gasteiger charge is -2.05. The Morgan fingerprint density at radius 2 is 1.82 bits per heavy atom. The van der Waals surface area contributed by atoms with Crippen molar-refractivity contribution in [2.75, 3.05) is 11.1 Å². The largest absolute Gasteiger partial charge is 0.224 e. The predicted octanol–water partition coefficient (Wildman–Crippen LogP) is 3.30. The zero-order valence-electron chi connectivity index (χ0n) is 9.13. The monoisotopic (exact) mass is 326 g/mol. The molecule has 0 amide bonds. The molecular weight excluding hydrogens is 314 g/mol. The van der Waals surface area contributed by atoms with Gasteiger partial charge in [0, 0.05) is 11.4 Å². The van der Waals surface area contributed by atoms with E-state index in [1.165, 1.54) is 0 Å². The molecular formula is C11H13BrF2O2S. The second-order valence-corrected chi connectivity index (χ2v) is 6.51. The van der Waals surface area contributed by atoms with Crippen molar-refractivity contribution in [2.24, 2.45) is 0 Å². The van der Waals surface area contributed by atoms with E-state index >= 15 is 0 Å². The summed E-state index contributed by atoms with van der Waals surface area (Å²) in [7, 11) is -3.65. The summed E-state index contributed by atoms with van der Waals surface area (Å²) in [4.78, 5) is -0.419. The van der Waals surface area contributed by atoms with E-state index in [0.717, 1.165) is 30.3 Å². The minimum Gasteiger partial charge on any atom is -0.224 e. The highest BCUT2D eigenvalue weighted by molar-refractivity contribution is 9.09. The van der Waals surface area contributed by atoms with Crippen LogP contribution in [0.25, 0.3) is 0 Å². The SMILES string of the molecule is O=S(=O)(CCCCCBr)c1ccc(F)cc1F. The number of sulfone groups is 1. The Balaban J connectivity index is 2.76. The second kappa shape index (κ2) is 6.44. The Labute approximate surface area is 108 Å². The van der Waals surface area contributed by atoms with Crippen molar-refractivity contribution in [1.29, 1.82) is 0 Å². The van der Waals surface area contributed by atoms with Crippen LogP contribution in [-0.2, 0) is 9.84 Å². The van der Waals surface area contributed by atoms with Gasteiger partial charge in [0.1, 0.15) is 16.5 Å². The normalized spacial score (nSPS) is 11.7. The average Bonchev–Trinajstić information content (AvgIpc) is 2.24. The Hall–Kier alpha value is -0.490. The van der Waals surface area contributed by atoms with Crippen LogP contribution in [0.4, 0.5) is 8.78 Å². The van der Waals surface area contributed by atoms with Gasteiger partial charge < -0.3 is 0 Å². The van der Waals surface area contributed by atoms with Crippen LogP contribution >= 0.6 is 15.9 Å². The van der Waals surface area contributed by atoms with Gasteiger partial charge in [0.2, 0.25) is 0 Å². The third-order valence-corrected chi connectivity index (χ3v) is 4.66. The molecule has 0 aromatic heterocycles. The molecule has 0 atom stereocenters. The van der Waals surface area contributed by atoms with Gasteiger partial charge in [0.05, 0.1) is 5.75 Å². The molecule has 0 N–H and O–H groups in total. The molecule has 0 bridgehead atoms. The molecule has 2 nitrogen and oxygen atoms in total. The van der Waals surface area contributed by atoms with Crippen LogP contribution in [-0.4, -0.2) is 19.5 Å². The van der Waals surface area contributed by atoms with Gasteiger partial charge in [0.15, 0.2) is 9.84 Å². The van der Waals surface area contributed by atoms with Crippen molar-refractivity contribution in [2.45, 2.75) is 24.2 Å². The van der Waals surface area contributed by atoms with Crippen molar-refractivity contribution in [3.63, 3.8) is 0 Å². The van der Waals surface area contributed by atoms with Crippen molar-refractivity contribution >= 4 is 25.8 Å². The Morgan fingerprint density at radius 1 is 1.12 bits per heavy atom. The first kappa shape index (κ1) is 14.6. The molecule has 1 rings (SSSR count). The standard InChI is InChI=1S/C11H13BrF2O2S/c12-6-2-1-3-7-17(15,16)11-5-4-9(13)8-10(11)14/h4-5,8H,1-3,6-7H2. The van der Waals surface area contributed by atoms with Gasteiger partial charge in [-0.1, -0.05) is 22.4 Å². The molecule has 17 heavy (non-hydrogen) atoms. The van der Waals surface area contributed by atoms with Crippen molar-refractivity contribution < 1.29 is 17.2 Å². The van der Waals surface area contributed by atoms with E-state index in [0.29, 0.717) is 12.5 Å². The molecule has 0 aliphatic rings. The minimum absolute atomic E-state index is 0.109. The molecule has 0 aliphatic carbocycles. The summed E-state index contributed by atoms with van der Waals surface area (Å²) >= 11 is 3.24. The zero-order chi connectivity index (χ0) is 12.9. The summed E-state index contributed by atoms with van der Waals surface area (Å²) in [5.41, 5.74) is 0. The lowest BCUT2D eigenvalue weighted by Crippen LogP contribution is -2.09. The Morgan fingerprint density at radius 3 is 2.41 bits per heavy atom. The number of unbranched alkanes of at least 4 members (excludes halogenated alkanes) is 2. The fourth-order valence-electron chi connectivity index (χ4n) is 1.40. The average molecular weight is 327 g/mol. The number of rotatable bonds is 6. The minimum atomic E-state index is -3.65. The first-order valence-corrected chi connectivity index (χ1v) is 7.98. The molecule has 0 heterocycles. The van der Waals surface area contributed by atoms with Crippen LogP contribution in [0.1, 0.15) is 19.3 Å². The number of alkyl halides is 1. The number of hydrogen-bond acceptors (Lipinski definition) is 2. The summed E-state index contributed by atoms with van der Waals surface area (Å²) in [5.74, 6) is -1.91. The maximum absolute atomic E-state index is 13.3. The predicted molar refractivity (Wildman–Crippen MR) is 66.1 cm³/mol. The van der Waals surface area contributed by atoms with E-state index in [-0.39, 0.29) is 5.75 Å². The highest BCUT2D eigenvalue weighted by atomic mass is 79.9. The molecule has 0 unspecified atom stereocenters. The van der Waals surface area contributed by atoms with Gasteiger partial charge in [-0.2, -0.15) is 0 Å². The third-order valence-electron chi connectivity index (χ3n) is 2.28. The molecule has 0 spiro atoms. The molecule has 0 aliphatic heterocycles. The molecule has 0 fully saturated rings. The molecule has 0 saturated carbocycles. The van der Waals surface area contributed by atoms with Crippen LogP contribution in [0.3, 0.4) is 0 Å². The van der Waals surface area contributed by atoms with Crippen LogP contribution in [0.15, 0.2) is 23.1 Å². The van der Waals surface area contributed by atoms with Gasteiger partial charge >= 0.3 is 0 Å². The first-order chi connectivity index (χ1) is 7.97. The summed E-state index contributed by atoms with van der Waals surface area (Å²) in [6.07, 6.45) is 2.11. The summed E-state index contributed by atoms with van der Waals surface area (Å²) in [6.45, 7) is 0. The number of halogens is 3. The van der Waals surface area contributed by atoms with Crippen LogP contribution in [0.2, 0.25) is 0 Å². The topological polar surface area (TPSA) is 34.1 Å². The van der Waals surface area contributed by atoms with E-state index in [9.17, 15) is 17.2 Å². The van der Waals surface area contributed by atoms with Gasteiger partial charge in [0.25, 0.3) is 0 Å². The fourth-order valence-corrected chi connectivity index (χ4v) is 3.23. The second-order valence-electron chi connectivity index (χ2n) is 3.64. The summed E-state index contributed by atoms with van der Waals surface area (Å²) in [5, 5.41) is 0.817. The number of hydrogen-bond donors (Lipinski definition) is 0. The molecule has 6 heteroatoms. The van der Waals surface area contributed by atoms with Crippen molar-refractivity contribution in [3.05, 3.63) is 29.8 Å². The molecule has 0 saturated heterocycles. The Bertz CT molecular complexity index is 474. The van der Waals surface area contributed by atoms with Gasteiger partial charge in [-0.15, -0.1) is 0 Å². The van der Waals surface area contributed by atoms with E-state index < -0.39 is 26.4 Å². The Kier molecular flexibility index (Phi) is 5.52. The lowest BCUT2D eigenvalue weighted by atomic mass is 10.3. The quantitative estimate of drug-likeness (QED) is 0.456. The highest BCUT2D eigenvalue weighted by Crippen LogP contribution is 2.18. The van der Waals surface area contributed by atoms with Crippen molar-refractivity contribution in [3.8, 4) is 0 Å². The molecule has 0 radical (unpaired) electrons. The smallest absolute Gasteiger partial charge is 0.181 e. The van der Waals surface area contributed by atoms with Gasteiger partial charge in [-0.05, 0) is 25.0 Å². The first-order valence-electron chi connectivity index (χ1n) is 5.21. The highest BCUT2D eigenvalue weighted by Gasteiger charge is 2.18. The summed E-state index contributed by atoms with van der Waals surface area (Å²) < 4.78 is 49.4. The number of benzene rings is 1.